The van der Waals surface area contributed by atoms with Crippen LogP contribution in [0.25, 0.3) is 4.85 Å². The van der Waals surface area contributed by atoms with Crippen LogP contribution in [-0.4, -0.2) is 28.8 Å². The number of methoxy groups -OCH3 is 1. The summed E-state index contributed by atoms with van der Waals surface area (Å²) in [7, 11) is 1.64. The second-order valence-electron chi connectivity index (χ2n) is 4.93. The molecule has 0 unspecified atom stereocenters. The minimum atomic E-state index is 0.383. The predicted octanol–water partition coefficient (Wildman–Crippen LogP) is 2.67. The summed E-state index contributed by atoms with van der Waals surface area (Å²) in [6.45, 7) is 12.6. The normalized spacial score (nSPS) is 13.7. The van der Waals surface area contributed by atoms with Crippen LogP contribution in [0.5, 0.6) is 5.19 Å². The van der Waals surface area contributed by atoms with Crippen molar-refractivity contribution in [3.05, 3.63) is 33.1 Å². The first-order chi connectivity index (χ1) is 10.1. The smallest absolute Gasteiger partial charge is 0.299 e. The molecule has 108 valence electrons. The molecular formula is C14H15N5OS. The molecule has 6 nitrogen and oxygen atoms in total. The number of aromatic nitrogens is 3. The number of rotatable bonds is 2. The van der Waals surface area contributed by atoms with Gasteiger partial charge in [-0.25, -0.2) is 4.98 Å². The number of fused-ring (bicyclic) bond motifs is 1. The van der Waals surface area contributed by atoms with Gasteiger partial charge in [-0.05, 0) is 30.1 Å². The molecule has 3 heterocycles. The van der Waals surface area contributed by atoms with Gasteiger partial charge in [-0.15, -0.1) is 0 Å². The largest absolute Gasteiger partial charge is 0.473 e. The van der Waals surface area contributed by atoms with Crippen LogP contribution in [0.3, 0.4) is 0 Å². The standard InChI is InChI=1S/C14H15N5OS/c1-8-9(2)13(18-17-12(8)15-3)19-6-5-10-11(7-19)21-14(16-10)20-4/h5-7H2,1-2,4H3. The minimum absolute atomic E-state index is 0.383. The number of thiazole rings is 1. The van der Waals surface area contributed by atoms with Crippen molar-refractivity contribution in [3.8, 4) is 5.19 Å². The fourth-order valence-electron chi connectivity index (χ4n) is 2.43. The molecule has 0 atom stereocenters. The second-order valence-corrected chi connectivity index (χ2v) is 5.98. The Morgan fingerprint density at radius 1 is 1.29 bits per heavy atom. The Balaban J connectivity index is 1.93. The third kappa shape index (κ3) is 2.32. The van der Waals surface area contributed by atoms with Crippen LogP contribution in [0.4, 0.5) is 11.6 Å². The molecular weight excluding hydrogens is 286 g/mol. The van der Waals surface area contributed by atoms with E-state index in [0.717, 1.165) is 42.1 Å². The highest BCUT2D eigenvalue weighted by molar-refractivity contribution is 7.13. The van der Waals surface area contributed by atoms with E-state index in [2.05, 4.69) is 24.9 Å². The van der Waals surface area contributed by atoms with Gasteiger partial charge >= 0.3 is 0 Å². The molecule has 0 amide bonds. The van der Waals surface area contributed by atoms with Crippen LogP contribution in [-0.2, 0) is 13.0 Å². The van der Waals surface area contributed by atoms with Gasteiger partial charge in [-0.3, -0.25) is 0 Å². The van der Waals surface area contributed by atoms with Gasteiger partial charge in [-0.2, -0.15) is 0 Å². The third-order valence-corrected chi connectivity index (χ3v) is 4.81. The lowest BCUT2D eigenvalue weighted by molar-refractivity contribution is 0.410. The monoisotopic (exact) mass is 301 g/mol. The average molecular weight is 301 g/mol. The van der Waals surface area contributed by atoms with Gasteiger partial charge in [0.1, 0.15) is 0 Å². The number of hydrogen-bond acceptors (Lipinski definition) is 6. The van der Waals surface area contributed by atoms with E-state index in [1.54, 1.807) is 18.4 Å². The number of hydrogen-bond donors (Lipinski definition) is 0. The molecule has 0 saturated heterocycles. The molecule has 0 bridgehead atoms. The first-order valence-electron chi connectivity index (χ1n) is 6.63. The molecule has 1 aliphatic rings. The summed E-state index contributed by atoms with van der Waals surface area (Å²) >= 11 is 1.58. The zero-order chi connectivity index (χ0) is 15.0. The molecule has 0 aliphatic carbocycles. The van der Waals surface area contributed by atoms with Crippen LogP contribution in [0.1, 0.15) is 21.7 Å². The molecule has 0 fully saturated rings. The van der Waals surface area contributed by atoms with Crippen LogP contribution in [0.15, 0.2) is 0 Å². The van der Waals surface area contributed by atoms with Crippen molar-refractivity contribution in [2.24, 2.45) is 0 Å². The van der Waals surface area contributed by atoms with E-state index in [1.807, 2.05) is 13.8 Å². The van der Waals surface area contributed by atoms with E-state index in [9.17, 15) is 0 Å². The van der Waals surface area contributed by atoms with E-state index in [4.69, 9.17) is 11.3 Å². The molecule has 1 aliphatic heterocycles. The van der Waals surface area contributed by atoms with Crippen molar-refractivity contribution in [1.29, 1.82) is 0 Å². The molecule has 21 heavy (non-hydrogen) atoms. The van der Waals surface area contributed by atoms with Crippen molar-refractivity contribution >= 4 is 23.0 Å². The number of nitrogens with zero attached hydrogens (tertiary/aromatic N) is 5. The Hall–Kier alpha value is -2.20. The Bertz CT molecular complexity index is 734. The lowest BCUT2D eigenvalue weighted by Crippen LogP contribution is -2.31. The first kappa shape index (κ1) is 13.8. The van der Waals surface area contributed by atoms with Crippen LogP contribution in [0.2, 0.25) is 0 Å². The van der Waals surface area contributed by atoms with Gasteiger partial charge in [0.2, 0.25) is 0 Å². The van der Waals surface area contributed by atoms with Gasteiger partial charge in [-0.1, -0.05) is 17.9 Å². The van der Waals surface area contributed by atoms with Gasteiger partial charge in [0, 0.05) is 18.1 Å². The molecule has 0 N–H and O–H groups in total. The van der Waals surface area contributed by atoms with E-state index in [0.29, 0.717) is 11.0 Å². The minimum Gasteiger partial charge on any atom is -0.473 e. The fraction of sp³-hybridized carbons (Fsp3) is 0.429. The molecule has 3 rings (SSSR count). The van der Waals surface area contributed by atoms with Gasteiger partial charge in [0.25, 0.3) is 11.0 Å². The summed E-state index contributed by atoms with van der Waals surface area (Å²) in [5, 5.41) is 8.99. The topological polar surface area (TPSA) is 55.5 Å². The Labute approximate surface area is 127 Å². The number of ether oxygens (including phenoxy) is 1. The molecule has 7 heteroatoms. The van der Waals surface area contributed by atoms with Crippen molar-refractivity contribution < 1.29 is 4.74 Å². The fourth-order valence-corrected chi connectivity index (χ4v) is 3.36. The van der Waals surface area contributed by atoms with E-state index in [1.165, 1.54) is 4.88 Å². The van der Waals surface area contributed by atoms with Crippen LogP contribution in [0, 0.1) is 20.4 Å². The molecule has 0 spiro atoms. The zero-order valence-electron chi connectivity index (χ0n) is 12.2. The molecule has 0 aromatic carbocycles. The number of anilines is 1. The second kappa shape index (κ2) is 5.30. The van der Waals surface area contributed by atoms with Crippen molar-refractivity contribution in [2.45, 2.75) is 26.8 Å². The lowest BCUT2D eigenvalue weighted by atomic mass is 10.1. The van der Waals surface area contributed by atoms with Gasteiger partial charge in [0.15, 0.2) is 5.82 Å². The Kier molecular flexibility index (Phi) is 3.47. The molecule has 0 saturated carbocycles. The average Bonchev–Trinajstić information content (AvgIpc) is 2.92. The zero-order valence-corrected chi connectivity index (χ0v) is 13.0. The predicted molar refractivity (Wildman–Crippen MR) is 81.2 cm³/mol. The summed E-state index contributed by atoms with van der Waals surface area (Å²) in [6.07, 6.45) is 0.875. The van der Waals surface area contributed by atoms with Crippen molar-refractivity contribution in [1.82, 2.24) is 15.2 Å². The van der Waals surface area contributed by atoms with Crippen molar-refractivity contribution in [3.63, 3.8) is 0 Å². The third-order valence-electron chi connectivity index (χ3n) is 3.76. The van der Waals surface area contributed by atoms with Crippen LogP contribution < -0.4 is 9.64 Å². The van der Waals surface area contributed by atoms with Gasteiger partial charge in [0.05, 0.1) is 24.2 Å². The highest BCUT2D eigenvalue weighted by Crippen LogP contribution is 2.33. The lowest BCUT2D eigenvalue weighted by Gasteiger charge is -2.27. The Morgan fingerprint density at radius 3 is 2.81 bits per heavy atom. The summed E-state index contributed by atoms with van der Waals surface area (Å²) in [5.41, 5.74) is 3.05. The molecule has 2 aromatic heterocycles. The Morgan fingerprint density at radius 2 is 2.10 bits per heavy atom. The van der Waals surface area contributed by atoms with Gasteiger partial charge < -0.3 is 14.5 Å². The summed E-state index contributed by atoms with van der Waals surface area (Å²) in [5.74, 6) is 1.24. The van der Waals surface area contributed by atoms with Crippen LogP contribution >= 0.6 is 11.3 Å². The quantitative estimate of drug-likeness (QED) is 0.798. The maximum absolute atomic E-state index is 7.11. The SMILES string of the molecule is [C-]#[N+]c1nnc(N2CCc3nc(OC)sc3C2)c(C)c1C. The maximum atomic E-state index is 7.11. The maximum Gasteiger partial charge on any atom is 0.299 e. The highest BCUT2D eigenvalue weighted by atomic mass is 32.1. The summed E-state index contributed by atoms with van der Waals surface area (Å²) in [4.78, 5) is 11.3. The highest BCUT2D eigenvalue weighted by Gasteiger charge is 2.25. The van der Waals surface area contributed by atoms with E-state index >= 15 is 0 Å². The van der Waals surface area contributed by atoms with E-state index < -0.39 is 0 Å². The van der Waals surface area contributed by atoms with E-state index in [-0.39, 0.29) is 0 Å². The van der Waals surface area contributed by atoms with Crippen molar-refractivity contribution in [2.75, 3.05) is 18.6 Å². The summed E-state index contributed by atoms with van der Waals surface area (Å²) < 4.78 is 5.21. The first-order valence-corrected chi connectivity index (χ1v) is 7.44. The molecule has 2 aromatic rings. The summed E-state index contributed by atoms with van der Waals surface area (Å²) in [6, 6.07) is 0. The molecule has 0 radical (unpaired) electrons.